The first-order valence-corrected chi connectivity index (χ1v) is 5.50. The van der Waals surface area contributed by atoms with E-state index in [1.165, 1.54) is 11.9 Å². The summed E-state index contributed by atoms with van der Waals surface area (Å²) in [5.74, 6) is 0.287. The van der Waals surface area contributed by atoms with E-state index in [0.29, 0.717) is 19.8 Å². The second-order valence-corrected chi connectivity index (χ2v) is 4.29. The van der Waals surface area contributed by atoms with Crippen LogP contribution in [0.2, 0.25) is 0 Å². The Labute approximate surface area is 93.7 Å². The summed E-state index contributed by atoms with van der Waals surface area (Å²) < 4.78 is 42.9. The Morgan fingerprint density at radius 2 is 1.94 bits per heavy atom. The summed E-state index contributed by atoms with van der Waals surface area (Å²) in [5, 5.41) is 0. The van der Waals surface area contributed by atoms with E-state index < -0.39 is 12.2 Å². The van der Waals surface area contributed by atoms with Crippen LogP contribution < -0.4 is 5.73 Å². The van der Waals surface area contributed by atoms with Crippen molar-refractivity contribution in [3.05, 3.63) is 0 Å². The minimum Gasteiger partial charge on any atom is -0.381 e. The third kappa shape index (κ3) is 3.92. The van der Waals surface area contributed by atoms with Crippen LogP contribution in [0, 0.1) is 5.92 Å². The molecule has 1 unspecified atom stereocenters. The van der Waals surface area contributed by atoms with Crippen LogP contribution in [0.3, 0.4) is 0 Å². The van der Waals surface area contributed by atoms with Crippen molar-refractivity contribution >= 4 is 0 Å². The molecule has 0 radical (unpaired) electrons. The molecule has 1 rings (SSSR count). The third-order valence-electron chi connectivity index (χ3n) is 3.02. The first kappa shape index (κ1) is 13.7. The maximum absolute atomic E-state index is 12.6. The zero-order valence-corrected chi connectivity index (χ0v) is 9.46. The lowest BCUT2D eigenvalue weighted by Crippen LogP contribution is -2.50. The molecule has 0 saturated carbocycles. The van der Waals surface area contributed by atoms with Gasteiger partial charge in [0.25, 0.3) is 0 Å². The molecule has 16 heavy (non-hydrogen) atoms. The molecule has 0 aromatic carbocycles. The van der Waals surface area contributed by atoms with E-state index in [1.54, 1.807) is 0 Å². The van der Waals surface area contributed by atoms with Crippen molar-refractivity contribution in [3.63, 3.8) is 0 Å². The molecule has 0 spiro atoms. The van der Waals surface area contributed by atoms with Crippen molar-refractivity contribution in [2.45, 2.75) is 25.1 Å². The maximum atomic E-state index is 12.6. The van der Waals surface area contributed by atoms with Crippen molar-refractivity contribution in [2.24, 2.45) is 11.7 Å². The first-order valence-electron chi connectivity index (χ1n) is 5.50. The smallest absolute Gasteiger partial charge is 0.381 e. The van der Waals surface area contributed by atoms with Gasteiger partial charge in [-0.1, -0.05) is 0 Å². The van der Waals surface area contributed by atoms with Crippen molar-refractivity contribution < 1.29 is 17.9 Å². The molecule has 0 aliphatic carbocycles. The molecule has 0 aromatic rings. The molecule has 0 amide bonds. The maximum Gasteiger partial charge on any atom is 0.405 e. The molecule has 1 atom stereocenters. The van der Waals surface area contributed by atoms with Crippen LogP contribution in [-0.2, 0) is 4.74 Å². The highest BCUT2D eigenvalue weighted by Crippen LogP contribution is 2.25. The number of ether oxygens (including phenoxy) is 1. The lowest BCUT2D eigenvalue weighted by Gasteiger charge is -2.33. The van der Waals surface area contributed by atoms with E-state index >= 15 is 0 Å². The standard InChI is InChI=1S/C10H19F3N2O/c1-15(9(6-14)10(11,12)13)7-8-2-4-16-5-3-8/h8-9H,2-7,14H2,1H3. The fourth-order valence-corrected chi connectivity index (χ4v) is 2.03. The number of nitrogens with zero attached hydrogens (tertiary/aromatic N) is 1. The average molecular weight is 240 g/mol. The minimum absolute atomic E-state index is 0.287. The molecule has 1 saturated heterocycles. The van der Waals surface area contributed by atoms with Crippen molar-refractivity contribution in [1.29, 1.82) is 0 Å². The Morgan fingerprint density at radius 3 is 2.38 bits per heavy atom. The van der Waals surface area contributed by atoms with Gasteiger partial charge >= 0.3 is 6.18 Å². The molecular weight excluding hydrogens is 221 g/mol. The fraction of sp³-hybridized carbons (Fsp3) is 1.00. The molecule has 1 aliphatic heterocycles. The molecule has 1 aliphatic rings. The fourth-order valence-electron chi connectivity index (χ4n) is 2.03. The number of nitrogens with two attached hydrogens (primary N) is 1. The monoisotopic (exact) mass is 240 g/mol. The van der Waals surface area contributed by atoms with Gasteiger partial charge in [0.15, 0.2) is 0 Å². The average Bonchev–Trinajstić information content (AvgIpc) is 2.17. The zero-order valence-electron chi connectivity index (χ0n) is 9.46. The summed E-state index contributed by atoms with van der Waals surface area (Å²) in [5.41, 5.74) is 5.18. The van der Waals surface area contributed by atoms with Crippen LogP contribution in [0.25, 0.3) is 0 Å². The predicted molar refractivity (Wildman–Crippen MR) is 55.1 cm³/mol. The summed E-state index contributed by atoms with van der Waals surface area (Å²) in [6, 6.07) is -1.53. The zero-order chi connectivity index (χ0) is 12.2. The van der Waals surface area contributed by atoms with Crippen LogP contribution >= 0.6 is 0 Å². The van der Waals surface area contributed by atoms with E-state index in [2.05, 4.69) is 0 Å². The Bertz CT molecular complexity index is 205. The molecule has 1 fully saturated rings. The van der Waals surface area contributed by atoms with Crippen LogP contribution in [0.15, 0.2) is 0 Å². The summed E-state index contributed by atoms with van der Waals surface area (Å²) in [6.45, 7) is 1.35. The first-order chi connectivity index (χ1) is 7.45. The molecule has 3 nitrogen and oxygen atoms in total. The van der Waals surface area contributed by atoms with E-state index in [9.17, 15) is 13.2 Å². The molecule has 96 valence electrons. The Morgan fingerprint density at radius 1 is 1.38 bits per heavy atom. The van der Waals surface area contributed by atoms with Crippen LogP contribution in [0.1, 0.15) is 12.8 Å². The van der Waals surface area contributed by atoms with Gasteiger partial charge in [0.2, 0.25) is 0 Å². The highest BCUT2D eigenvalue weighted by Gasteiger charge is 2.41. The van der Waals surface area contributed by atoms with Crippen molar-refractivity contribution in [3.8, 4) is 0 Å². The van der Waals surface area contributed by atoms with E-state index in [4.69, 9.17) is 10.5 Å². The van der Waals surface area contributed by atoms with E-state index in [1.807, 2.05) is 0 Å². The highest BCUT2D eigenvalue weighted by molar-refractivity contribution is 4.79. The quantitative estimate of drug-likeness (QED) is 0.803. The molecule has 0 aromatic heterocycles. The van der Waals surface area contributed by atoms with Crippen LogP contribution in [-0.4, -0.2) is 50.5 Å². The number of likely N-dealkylation sites (N-methyl/N-ethyl adjacent to an activating group) is 1. The van der Waals surface area contributed by atoms with Gasteiger partial charge in [-0.3, -0.25) is 4.90 Å². The second-order valence-electron chi connectivity index (χ2n) is 4.29. The summed E-state index contributed by atoms with van der Waals surface area (Å²) in [4.78, 5) is 1.32. The molecule has 0 bridgehead atoms. The number of alkyl halides is 3. The van der Waals surface area contributed by atoms with Crippen LogP contribution in [0.4, 0.5) is 13.2 Å². The van der Waals surface area contributed by atoms with Gasteiger partial charge in [0.1, 0.15) is 6.04 Å². The van der Waals surface area contributed by atoms with Gasteiger partial charge < -0.3 is 10.5 Å². The van der Waals surface area contributed by atoms with Gasteiger partial charge in [0, 0.05) is 26.3 Å². The largest absolute Gasteiger partial charge is 0.405 e. The molecule has 2 N–H and O–H groups in total. The molecule has 6 heteroatoms. The lowest BCUT2D eigenvalue weighted by atomic mass is 9.99. The molecular formula is C10H19F3N2O. The number of rotatable bonds is 4. The third-order valence-corrected chi connectivity index (χ3v) is 3.02. The Hall–Kier alpha value is -0.330. The van der Waals surface area contributed by atoms with Gasteiger partial charge in [-0.05, 0) is 25.8 Å². The van der Waals surface area contributed by atoms with Gasteiger partial charge in [-0.25, -0.2) is 0 Å². The Balaban J connectivity index is 2.45. The van der Waals surface area contributed by atoms with Gasteiger partial charge in [-0.15, -0.1) is 0 Å². The summed E-state index contributed by atoms with van der Waals surface area (Å²) >= 11 is 0. The highest BCUT2D eigenvalue weighted by atomic mass is 19.4. The minimum atomic E-state index is -4.24. The van der Waals surface area contributed by atoms with Crippen LogP contribution in [0.5, 0.6) is 0 Å². The Kier molecular flexibility index (Phi) is 5.01. The lowest BCUT2D eigenvalue weighted by molar-refractivity contribution is -0.179. The SMILES string of the molecule is CN(CC1CCOCC1)C(CN)C(F)(F)F. The van der Waals surface area contributed by atoms with Crippen molar-refractivity contribution in [1.82, 2.24) is 4.90 Å². The van der Waals surface area contributed by atoms with Gasteiger partial charge in [0.05, 0.1) is 0 Å². The number of hydrogen-bond donors (Lipinski definition) is 1. The van der Waals surface area contributed by atoms with Gasteiger partial charge in [-0.2, -0.15) is 13.2 Å². The second kappa shape index (κ2) is 5.84. The number of halogens is 3. The van der Waals surface area contributed by atoms with E-state index in [0.717, 1.165) is 12.8 Å². The van der Waals surface area contributed by atoms with E-state index in [-0.39, 0.29) is 12.5 Å². The number of hydrogen-bond acceptors (Lipinski definition) is 3. The predicted octanol–water partition coefficient (Wildman–Crippen LogP) is 1.23. The summed E-state index contributed by atoms with van der Waals surface area (Å²) in [7, 11) is 1.49. The normalized spacial score (nSPS) is 21.4. The summed E-state index contributed by atoms with van der Waals surface area (Å²) in [6.07, 6.45) is -2.58. The van der Waals surface area contributed by atoms with Crippen molar-refractivity contribution in [2.75, 3.05) is 33.4 Å². The molecule has 1 heterocycles. The topological polar surface area (TPSA) is 38.5 Å².